The third-order valence-electron chi connectivity index (χ3n) is 0.902. The van der Waals surface area contributed by atoms with Crippen LogP contribution >= 0.6 is 0 Å². The van der Waals surface area contributed by atoms with Crippen LogP contribution in [0.4, 0.5) is 17.6 Å². The third-order valence-corrected chi connectivity index (χ3v) is 0.902. The zero-order valence-electron chi connectivity index (χ0n) is 6.98. The lowest BCUT2D eigenvalue weighted by molar-refractivity contribution is -0.108. The average molecular weight is 200 g/mol. The van der Waals surface area contributed by atoms with Crippen molar-refractivity contribution in [3.8, 4) is 0 Å². The molecule has 0 aromatic heterocycles. The molecule has 0 saturated carbocycles. The highest BCUT2D eigenvalue weighted by atomic mass is 19.3. The molecule has 76 valence electrons. The fourth-order valence-corrected chi connectivity index (χ4v) is 0.411. The van der Waals surface area contributed by atoms with Gasteiger partial charge in [-0.1, -0.05) is 0 Å². The van der Waals surface area contributed by atoms with Crippen LogP contribution in [0.15, 0.2) is 24.7 Å². The smallest absolute Gasteiger partial charge is 0.334 e. The first-order chi connectivity index (χ1) is 5.85. The Morgan fingerprint density at radius 2 is 1.23 bits per heavy atom. The molecular formula is C7H8F4O2. The van der Waals surface area contributed by atoms with Crippen molar-refractivity contribution in [2.75, 3.05) is 0 Å². The predicted molar refractivity (Wildman–Crippen MR) is 36.8 cm³/mol. The molecule has 0 atom stereocenters. The topological polar surface area (TPSA) is 18.5 Å². The zero-order valence-corrected chi connectivity index (χ0v) is 6.98. The van der Waals surface area contributed by atoms with E-state index < -0.39 is 17.9 Å². The van der Waals surface area contributed by atoms with Crippen LogP contribution in [-0.2, 0) is 9.47 Å². The predicted octanol–water partition coefficient (Wildman–Crippen LogP) is 3.23. The van der Waals surface area contributed by atoms with Gasteiger partial charge >= 0.3 is 12.2 Å². The van der Waals surface area contributed by atoms with Crippen LogP contribution in [0.2, 0.25) is 0 Å². The summed E-state index contributed by atoms with van der Waals surface area (Å²) in [6.07, 6.45) is -2.73. The number of ether oxygens (including phenoxy) is 2. The minimum Gasteiger partial charge on any atom is -0.457 e. The minimum absolute atomic E-state index is 0.417. The summed E-state index contributed by atoms with van der Waals surface area (Å²) in [6.45, 7) is 3.71. The summed E-state index contributed by atoms with van der Waals surface area (Å²) in [5, 5.41) is 0. The lowest BCUT2D eigenvalue weighted by Gasteiger charge is -2.15. The lowest BCUT2D eigenvalue weighted by Crippen LogP contribution is -2.18. The van der Waals surface area contributed by atoms with E-state index in [1.807, 2.05) is 13.8 Å². The largest absolute Gasteiger partial charge is 0.457 e. The summed E-state index contributed by atoms with van der Waals surface area (Å²) in [6, 6.07) is 0. The Morgan fingerprint density at radius 1 is 0.923 bits per heavy atom. The molecule has 0 fully saturated rings. The van der Waals surface area contributed by atoms with Crippen LogP contribution in [0.1, 0.15) is 13.8 Å². The van der Waals surface area contributed by atoms with Gasteiger partial charge in [-0.25, -0.2) is 0 Å². The van der Waals surface area contributed by atoms with Gasteiger partial charge in [0, 0.05) is 13.8 Å². The second-order valence-electron chi connectivity index (χ2n) is 2.43. The molecule has 0 unspecified atom stereocenters. The van der Waals surface area contributed by atoms with E-state index >= 15 is 0 Å². The van der Waals surface area contributed by atoms with Gasteiger partial charge in [0.2, 0.25) is 5.79 Å². The maximum atomic E-state index is 10.3. The summed E-state index contributed by atoms with van der Waals surface area (Å²) in [5.74, 6) is -0.417. The molecule has 1 heterocycles. The molecule has 0 bridgehead atoms. The number of halogens is 4. The van der Waals surface area contributed by atoms with Crippen molar-refractivity contribution in [1.82, 2.24) is 0 Å². The molecule has 0 N–H and O–H groups in total. The van der Waals surface area contributed by atoms with Gasteiger partial charge in [-0.2, -0.15) is 17.6 Å². The van der Waals surface area contributed by atoms with Crippen molar-refractivity contribution in [2.45, 2.75) is 19.6 Å². The number of rotatable bonds is 0. The first-order valence-electron chi connectivity index (χ1n) is 3.22. The molecule has 0 amide bonds. The van der Waals surface area contributed by atoms with Gasteiger partial charge in [0.15, 0.2) is 0 Å². The van der Waals surface area contributed by atoms with Crippen LogP contribution in [0.3, 0.4) is 0 Å². The Morgan fingerprint density at radius 3 is 1.31 bits per heavy atom. The van der Waals surface area contributed by atoms with Gasteiger partial charge < -0.3 is 9.47 Å². The lowest BCUT2D eigenvalue weighted by atomic mass is 10.4. The quantitative estimate of drug-likeness (QED) is 0.559. The van der Waals surface area contributed by atoms with Gasteiger partial charge in [0.1, 0.15) is 12.5 Å². The Hall–Kier alpha value is -1.20. The summed E-state index contributed by atoms with van der Waals surface area (Å²) in [4.78, 5) is 0. The van der Waals surface area contributed by atoms with Crippen molar-refractivity contribution < 1.29 is 27.0 Å². The highest BCUT2D eigenvalue weighted by molar-refractivity contribution is 4.77. The Balaban J connectivity index is 0.000000226. The van der Waals surface area contributed by atoms with Crippen LogP contribution in [0.25, 0.3) is 0 Å². The van der Waals surface area contributed by atoms with E-state index in [0.29, 0.717) is 0 Å². The average Bonchev–Trinajstić information content (AvgIpc) is 2.35. The Bertz CT molecular complexity index is 195. The summed E-state index contributed by atoms with van der Waals surface area (Å²) < 4.78 is 51.0. The second kappa shape index (κ2) is 4.74. The fraction of sp³-hybridized carbons (Fsp3) is 0.429. The SMILES string of the molecule is CC1(C)OC=CO1.FC(F)=C(F)F. The van der Waals surface area contributed by atoms with Gasteiger partial charge in [0.05, 0.1) is 0 Å². The zero-order chi connectivity index (χ0) is 10.5. The first-order valence-corrected chi connectivity index (χ1v) is 3.22. The molecule has 2 nitrogen and oxygen atoms in total. The van der Waals surface area contributed by atoms with E-state index in [2.05, 4.69) is 0 Å². The maximum Gasteiger partial charge on any atom is 0.334 e. The van der Waals surface area contributed by atoms with Crippen molar-refractivity contribution in [3.05, 3.63) is 24.7 Å². The summed E-state index contributed by atoms with van der Waals surface area (Å²) >= 11 is 0. The van der Waals surface area contributed by atoms with E-state index in [0.717, 1.165) is 0 Å². The molecule has 0 aromatic rings. The van der Waals surface area contributed by atoms with Gasteiger partial charge in [-0.3, -0.25) is 0 Å². The van der Waals surface area contributed by atoms with Crippen molar-refractivity contribution in [2.24, 2.45) is 0 Å². The highest BCUT2D eigenvalue weighted by Gasteiger charge is 2.20. The first kappa shape index (κ1) is 11.8. The molecule has 1 rings (SSSR count). The van der Waals surface area contributed by atoms with E-state index in [-0.39, 0.29) is 0 Å². The molecule has 0 aliphatic carbocycles. The molecule has 13 heavy (non-hydrogen) atoms. The molecule has 6 heteroatoms. The van der Waals surface area contributed by atoms with Gasteiger partial charge in [-0.15, -0.1) is 0 Å². The van der Waals surface area contributed by atoms with E-state index in [1.165, 1.54) is 0 Å². The Kier molecular flexibility index (Phi) is 4.30. The van der Waals surface area contributed by atoms with Gasteiger partial charge in [-0.05, 0) is 0 Å². The maximum absolute atomic E-state index is 10.3. The summed E-state index contributed by atoms with van der Waals surface area (Å²) in [7, 11) is 0. The molecule has 0 aromatic carbocycles. The van der Waals surface area contributed by atoms with E-state index in [4.69, 9.17) is 9.47 Å². The van der Waals surface area contributed by atoms with Crippen LogP contribution in [-0.4, -0.2) is 5.79 Å². The molecular weight excluding hydrogens is 192 g/mol. The molecule has 0 radical (unpaired) electrons. The molecule has 0 spiro atoms. The van der Waals surface area contributed by atoms with Crippen LogP contribution in [0, 0.1) is 0 Å². The molecule has 0 saturated heterocycles. The summed E-state index contributed by atoms with van der Waals surface area (Å²) in [5.41, 5.74) is 0. The number of hydrogen-bond donors (Lipinski definition) is 0. The number of hydrogen-bond acceptors (Lipinski definition) is 2. The van der Waals surface area contributed by atoms with Crippen molar-refractivity contribution in [3.63, 3.8) is 0 Å². The monoisotopic (exact) mass is 200 g/mol. The highest BCUT2D eigenvalue weighted by Crippen LogP contribution is 2.16. The van der Waals surface area contributed by atoms with Crippen LogP contribution < -0.4 is 0 Å². The van der Waals surface area contributed by atoms with E-state index in [9.17, 15) is 17.6 Å². The van der Waals surface area contributed by atoms with E-state index in [1.54, 1.807) is 12.5 Å². The second-order valence-corrected chi connectivity index (χ2v) is 2.43. The van der Waals surface area contributed by atoms with Crippen LogP contribution in [0.5, 0.6) is 0 Å². The fourth-order valence-electron chi connectivity index (χ4n) is 0.411. The normalized spacial score (nSPS) is 16.5. The minimum atomic E-state index is -2.91. The third kappa shape index (κ3) is 6.01. The van der Waals surface area contributed by atoms with Crippen molar-refractivity contribution in [1.29, 1.82) is 0 Å². The Labute approximate surface area is 72.4 Å². The van der Waals surface area contributed by atoms with Crippen molar-refractivity contribution >= 4 is 0 Å². The molecule has 1 aliphatic heterocycles. The molecule has 1 aliphatic rings. The standard InChI is InChI=1S/C5H8O2.C2F4/c1-5(2)6-3-4-7-5;3-1(4)2(5)6/h3-4H,1-2H3;. The van der Waals surface area contributed by atoms with Gasteiger partial charge in [0.25, 0.3) is 0 Å².